The van der Waals surface area contributed by atoms with E-state index in [1.165, 1.54) is 44.1 Å². The van der Waals surface area contributed by atoms with Crippen LogP contribution in [0, 0.1) is 5.92 Å². The summed E-state index contributed by atoms with van der Waals surface area (Å²) in [6.45, 7) is 6.89. The highest BCUT2D eigenvalue weighted by Gasteiger charge is 2.52. The van der Waals surface area contributed by atoms with E-state index in [2.05, 4.69) is 35.6 Å². The molecule has 4 fully saturated rings. The van der Waals surface area contributed by atoms with Gasteiger partial charge in [0.2, 0.25) is 11.8 Å². The molecule has 0 bridgehead atoms. The summed E-state index contributed by atoms with van der Waals surface area (Å²) in [6.07, 6.45) is 11.7. The third-order valence-electron chi connectivity index (χ3n) is 9.49. The van der Waals surface area contributed by atoms with Gasteiger partial charge in [-0.15, -0.1) is 0 Å². The second-order valence-electron chi connectivity index (χ2n) is 11.9. The molecule has 7 nitrogen and oxygen atoms in total. The second kappa shape index (κ2) is 9.73. The molecular formula is C29H42N4O3. The summed E-state index contributed by atoms with van der Waals surface area (Å²) in [4.78, 5) is 29.9. The lowest BCUT2D eigenvalue weighted by Crippen LogP contribution is -2.56. The number of nitrogens with one attached hydrogen (secondary N) is 1. The molecule has 1 aromatic carbocycles. The number of carbonyl (C=O) groups excluding carboxylic acids is 2. The van der Waals surface area contributed by atoms with Crippen molar-refractivity contribution in [2.24, 2.45) is 5.92 Å². The number of benzene rings is 1. The first-order valence-corrected chi connectivity index (χ1v) is 14.4. The zero-order chi connectivity index (χ0) is 24.9. The van der Waals surface area contributed by atoms with Gasteiger partial charge in [-0.05, 0) is 63.1 Å². The summed E-state index contributed by atoms with van der Waals surface area (Å²) in [5.74, 6) is 0.805. The third-order valence-corrected chi connectivity index (χ3v) is 9.49. The van der Waals surface area contributed by atoms with Crippen molar-refractivity contribution in [3.63, 3.8) is 0 Å². The Labute approximate surface area is 215 Å². The lowest BCUT2D eigenvalue weighted by atomic mass is 9.74. The molecule has 2 saturated heterocycles. The van der Waals surface area contributed by atoms with Crippen LogP contribution in [0.3, 0.4) is 0 Å². The number of hydrogen-bond acceptors (Lipinski definition) is 5. The lowest BCUT2D eigenvalue weighted by molar-refractivity contribution is -0.120. The molecule has 0 radical (unpaired) electrons. The maximum absolute atomic E-state index is 13.4. The SMILES string of the molecule is CC(=O)N1c2ccc(C3CNN(C4CCOCC4)C34CCCCCC4)cc2N(C(=O)C2CC2)C[C@@H]1C. The molecule has 5 aliphatic rings. The van der Waals surface area contributed by atoms with Gasteiger partial charge in [-0.2, -0.15) is 0 Å². The van der Waals surface area contributed by atoms with Gasteiger partial charge < -0.3 is 14.5 Å². The molecule has 6 rings (SSSR count). The molecule has 2 atom stereocenters. The van der Waals surface area contributed by atoms with Crippen molar-refractivity contribution in [2.45, 2.75) is 102 Å². The maximum Gasteiger partial charge on any atom is 0.230 e. The molecule has 1 aromatic rings. The van der Waals surface area contributed by atoms with Gasteiger partial charge in [0.15, 0.2) is 0 Å². The Morgan fingerprint density at radius 1 is 1.00 bits per heavy atom. The predicted molar refractivity (Wildman–Crippen MR) is 141 cm³/mol. The topological polar surface area (TPSA) is 65.1 Å². The largest absolute Gasteiger partial charge is 0.381 e. The Morgan fingerprint density at radius 3 is 2.39 bits per heavy atom. The fourth-order valence-electron chi connectivity index (χ4n) is 7.60. The molecular weight excluding hydrogens is 452 g/mol. The number of nitrogens with zero attached hydrogens (tertiary/aromatic N) is 3. The van der Waals surface area contributed by atoms with Crippen molar-refractivity contribution < 1.29 is 14.3 Å². The van der Waals surface area contributed by atoms with Gasteiger partial charge in [-0.3, -0.25) is 15.0 Å². The van der Waals surface area contributed by atoms with E-state index in [0.717, 1.165) is 56.8 Å². The van der Waals surface area contributed by atoms with Gasteiger partial charge in [0.05, 0.1) is 17.4 Å². The van der Waals surface area contributed by atoms with Gasteiger partial charge in [-0.1, -0.05) is 31.7 Å². The Balaban J connectivity index is 1.40. The van der Waals surface area contributed by atoms with E-state index in [0.29, 0.717) is 18.5 Å². The molecule has 3 heterocycles. The first-order chi connectivity index (χ1) is 17.5. The fourth-order valence-corrected chi connectivity index (χ4v) is 7.60. The van der Waals surface area contributed by atoms with Crippen molar-refractivity contribution >= 4 is 23.2 Å². The van der Waals surface area contributed by atoms with Crippen LogP contribution >= 0.6 is 0 Å². The Hall–Kier alpha value is -1.96. The number of amides is 2. The van der Waals surface area contributed by atoms with Crippen LogP contribution in [0.4, 0.5) is 11.4 Å². The summed E-state index contributed by atoms with van der Waals surface area (Å²) < 4.78 is 5.71. The number of hydrogen-bond donors (Lipinski definition) is 1. The molecule has 196 valence electrons. The zero-order valence-electron chi connectivity index (χ0n) is 22.0. The van der Waals surface area contributed by atoms with E-state index in [-0.39, 0.29) is 29.3 Å². The van der Waals surface area contributed by atoms with Gasteiger partial charge >= 0.3 is 0 Å². The van der Waals surface area contributed by atoms with Crippen molar-refractivity contribution in [3.05, 3.63) is 23.8 Å². The highest BCUT2D eigenvalue weighted by Crippen LogP contribution is 2.49. The molecule has 1 N–H and O–H groups in total. The van der Waals surface area contributed by atoms with Crippen molar-refractivity contribution in [3.8, 4) is 0 Å². The molecule has 36 heavy (non-hydrogen) atoms. The van der Waals surface area contributed by atoms with Gasteiger partial charge in [0.1, 0.15) is 0 Å². The molecule has 0 aromatic heterocycles. The summed E-state index contributed by atoms with van der Waals surface area (Å²) >= 11 is 0. The van der Waals surface area contributed by atoms with E-state index in [9.17, 15) is 9.59 Å². The normalized spacial score (nSPS) is 29.3. The molecule has 2 amide bonds. The third kappa shape index (κ3) is 4.17. The number of rotatable bonds is 3. The maximum atomic E-state index is 13.4. The van der Waals surface area contributed by atoms with Crippen molar-refractivity contribution in [2.75, 3.05) is 36.1 Å². The van der Waals surface area contributed by atoms with E-state index < -0.39 is 0 Å². The number of fused-ring (bicyclic) bond motifs is 1. The van der Waals surface area contributed by atoms with Crippen LogP contribution in [0.1, 0.15) is 89.5 Å². The number of anilines is 2. The van der Waals surface area contributed by atoms with Gasteiger partial charge in [-0.25, -0.2) is 5.01 Å². The minimum atomic E-state index is -0.0195. The Morgan fingerprint density at radius 2 is 1.72 bits per heavy atom. The summed E-state index contributed by atoms with van der Waals surface area (Å²) in [6, 6.07) is 7.13. The average Bonchev–Trinajstić information content (AvgIpc) is 3.69. The predicted octanol–water partition coefficient (Wildman–Crippen LogP) is 4.36. The smallest absolute Gasteiger partial charge is 0.230 e. The van der Waals surface area contributed by atoms with E-state index in [4.69, 9.17) is 4.74 Å². The minimum Gasteiger partial charge on any atom is -0.381 e. The number of ether oxygens (including phenoxy) is 1. The highest BCUT2D eigenvalue weighted by atomic mass is 16.5. The van der Waals surface area contributed by atoms with Crippen molar-refractivity contribution in [1.29, 1.82) is 0 Å². The van der Waals surface area contributed by atoms with Crippen molar-refractivity contribution in [1.82, 2.24) is 10.4 Å². The highest BCUT2D eigenvalue weighted by molar-refractivity contribution is 6.05. The van der Waals surface area contributed by atoms with E-state index in [1.807, 2.05) is 9.80 Å². The molecule has 3 aliphatic heterocycles. The molecule has 2 saturated carbocycles. The zero-order valence-corrected chi connectivity index (χ0v) is 22.0. The average molecular weight is 495 g/mol. The van der Waals surface area contributed by atoms with Crippen LogP contribution in [0.5, 0.6) is 0 Å². The van der Waals surface area contributed by atoms with Crippen LogP contribution in [-0.4, -0.2) is 60.7 Å². The number of hydrazine groups is 1. The standard InChI is InChI=1S/C29H42N4O3/c1-20-19-31(28(35)22-7-8-22)27-17-23(9-10-26(27)32(20)21(2)34)25-18-30-33(24-11-15-36-16-12-24)29(25)13-5-3-4-6-14-29/h9-10,17,20,22,24-25,30H,3-8,11-16,18-19H2,1-2H3/t20-,25?/m0/s1. The fraction of sp³-hybridized carbons (Fsp3) is 0.724. The van der Waals surface area contributed by atoms with E-state index >= 15 is 0 Å². The van der Waals surface area contributed by atoms with Crippen LogP contribution in [-0.2, 0) is 14.3 Å². The Kier molecular flexibility index (Phi) is 6.59. The van der Waals surface area contributed by atoms with E-state index in [1.54, 1.807) is 6.92 Å². The summed E-state index contributed by atoms with van der Waals surface area (Å²) in [5.41, 5.74) is 7.11. The first kappa shape index (κ1) is 24.4. The molecule has 7 heteroatoms. The quantitative estimate of drug-likeness (QED) is 0.676. The molecule has 1 unspecified atom stereocenters. The second-order valence-corrected chi connectivity index (χ2v) is 11.9. The van der Waals surface area contributed by atoms with Crippen LogP contribution < -0.4 is 15.2 Å². The van der Waals surface area contributed by atoms with Crippen LogP contribution in [0.15, 0.2) is 18.2 Å². The summed E-state index contributed by atoms with van der Waals surface area (Å²) in [5, 5.41) is 2.65. The van der Waals surface area contributed by atoms with Gasteiger partial charge in [0.25, 0.3) is 0 Å². The monoisotopic (exact) mass is 494 g/mol. The first-order valence-electron chi connectivity index (χ1n) is 14.4. The minimum absolute atomic E-state index is 0.0195. The number of carbonyl (C=O) groups is 2. The Bertz CT molecular complexity index is 994. The van der Waals surface area contributed by atoms with Crippen LogP contribution in [0.2, 0.25) is 0 Å². The van der Waals surface area contributed by atoms with Gasteiger partial charge in [0, 0.05) is 56.6 Å². The summed E-state index contributed by atoms with van der Waals surface area (Å²) in [7, 11) is 0. The lowest BCUT2D eigenvalue weighted by Gasteiger charge is -2.46. The molecule has 2 aliphatic carbocycles. The molecule has 1 spiro atoms. The van der Waals surface area contributed by atoms with Crippen LogP contribution in [0.25, 0.3) is 0 Å².